The first kappa shape index (κ1) is 17.8. The molecule has 3 aromatic rings. The number of nitrogens with zero attached hydrogens (tertiary/aromatic N) is 3. The molecule has 1 saturated heterocycles. The van der Waals surface area contributed by atoms with Gasteiger partial charge in [0.1, 0.15) is 11.9 Å². The average Bonchev–Trinajstić information content (AvgIpc) is 3.42. The number of hydrogen-bond donors (Lipinski definition) is 1. The Morgan fingerprint density at radius 3 is 2.93 bits per heavy atom. The zero-order valence-corrected chi connectivity index (χ0v) is 15.4. The van der Waals surface area contributed by atoms with Gasteiger partial charge in [0.2, 0.25) is 5.91 Å². The lowest BCUT2D eigenvalue weighted by Gasteiger charge is -2.19. The van der Waals surface area contributed by atoms with Crippen LogP contribution in [0, 0.1) is 11.7 Å². The Balaban J connectivity index is 1.46. The summed E-state index contributed by atoms with van der Waals surface area (Å²) in [6.07, 6.45) is 4.42. The Bertz CT molecular complexity index is 895. The summed E-state index contributed by atoms with van der Waals surface area (Å²) >= 11 is 1.58. The van der Waals surface area contributed by atoms with Gasteiger partial charge < -0.3 is 10.1 Å². The van der Waals surface area contributed by atoms with E-state index in [9.17, 15) is 9.18 Å². The number of aromatic nitrogens is 3. The normalized spacial score (nSPS) is 19.3. The van der Waals surface area contributed by atoms with Gasteiger partial charge in [-0.25, -0.2) is 14.1 Å². The van der Waals surface area contributed by atoms with Crippen LogP contribution >= 0.6 is 11.3 Å². The smallest absolute Gasteiger partial charge is 0.226 e. The molecule has 1 amide bonds. The van der Waals surface area contributed by atoms with Crippen LogP contribution in [0.15, 0.2) is 48.1 Å². The van der Waals surface area contributed by atoms with Crippen LogP contribution < -0.4 is 5.32 Å². The molecule has 27 heavy (non-hydrogen) atoms. The first-order valence-electron chi connectivity index (χ1n) is 8.80. The zero-order valence-electron chi connectivity index (χ0n) is 14.5. The molecular weight excluding hydrogens is 367 g/mol. The standard InChI is InChI=1S/C19H19FN4O2S/c20-13-1-3-14(4-2-13)24-16(5-9-23-24)18-15(7-11-26-18)19(25)22-8-6-17-21-10-12-27-17/h1-5,9-10,12,15,18H,6-8,11H2,(H,22,25)/t15-,18-/m0/s1. The highest BCUT2D eigenvalue weighted by atomic mass is 32.1. The summed E-state index contributed by atoms with van der Waals surface area (Å²) in [6.45, 7) is 1.07. The number of ether oxygens (including phenoxy) is 1. The third-order valence-corrected chi connectivity index (χ3v) is 5.42. The summed E-state index contributed by atoms with van der Waals surface area (Å²) in [7, 11) is 0. The van der Waals surface area contributed by atoms with Crippen molar-refractivity contribution >= 4 is 17.2 Å². The van der Waals surface area contributed by atoms with E-state index >= 15 is 0 Å². The van der Waals surface area contributed by atoms with Crippen LogP contribution in [0.2, 0.25) is 0 Å². The number of carbonyl (C=O) groups excluding carboxylic acids is 1. The molecule has 1 aromatic carbocycles. The lowest BCUT2D eigenvalue weighted by atomic mass is 9.97. The number of halogens is 1. The van der Waals surface area contributed by atoms with Gasteiger partial charge in [-0.2, -0.15) is 5.10 Å². The van der Waals surface area contributed by atoms with Crippen molar-refractivity contribution in [2.45, 2.75) is 18.9 Å². The highest BCUT2D eigenvalue weighted by molar-refractivity contribution is 7.09. The molecule has 6 nitrogen and oxygen atoms in total. The number of rotatable bonds is 6. The van der Waals surface area contributed by atoms with Crippen LogP contribution in [0.1, 0.15) is 23.2 Å². The summed E-state index contributed by atoms with van der Waals surface area (Å²) in [5.41, 5.74) is 1.52. The fraction of sp³-hybridized carbons (Fsp3) is 0.316. The first-order chi connectivity index (χ1) is 13.2. The van der Waals surface area contributed by atoms with Crippen molar-refractivity contribution < 1.29 is 13.9 Å². The van der Waals surface area contributed by atoms with Gasteiger partial charge in [0.25, 0.3) is 0 Å². The molecule has 140 valence electrons. The van der Waals surface area contributed by atoms with Crippen molar-refractivity contribution in [2.24, 2.45) is 5.92 Å². The number of benzene rings is 1. The van der Waals surface area contributed by atoms with Crippen LogP contribution in [0.3, 0.4) is 0 Å². The van der Waals surface area contributed by atoms with E-state index in [-0.39, 0.29) is 23.7 Å². The summed E-state index contributed by atoms with van der Waals surface area (Å²) in [5.74, 6) is -0.611. The Kier molecular flexibility index (Phi) is 5.26. The lowest BCUT2D eigenvalue weighted by molar-refractivity contribution is -0.126. The van der Waals surface area contributed by atoms with Crippen molar-refractivity contribution in [1.82, 2.24) is 20.1 Å². The first-order valence-corrected chi connectivity index (χ1v) is 9.68. The van der Waals surface area contributed by atoms with E-state index < -0.39 is 0 Å². The molecule has 1 N–H and O–H groups in total. The number of nitrogens with one attached hydrogen (secondary N) is 1. The van der Waals surface area contributed by atoms with Crippen LogP contribution in [0.4, 0.5) is 4.39 Å². The molecule has 0 bridgehead atoms. The van der Waals surface area contributed by atoms with Crippen molar-refractivity contribution in [1.29, 1.82) is 0 Å². The largest absolute Gasteiger partial charge is 0.371 e. The Morgan fingerprint density at radius 2 is 2.15 bits per heavy atom. The Morgan fingerprint density at radius 1 is 1.30 bits per heavy atom. The predicted octanol–water partition coefficient (Wildman–Crippen LogP) is 2.90. The molecule has 1 aliphatic heterocycles. The van der Waals surface area contributed by atoms with E-state index in [2.05, 4.69) is 15.4 Å². The molecule has 0 unspecified atom stereocenters. The van der Waals surface area contributed by atoms with Gasteiger partial charge in [-0.05, 0) is 36.8 Å². The fourth-order valence-corrected chi connectivity index (χ4v) is 3.90. The maximum atomic E-state index is 13.2. The number of thiazole rings is 1. The van der Waals surface area contributed by atoms with Crippen LogP contribution in [-0.2, 0) is 16.0 Å². The molecule has 1 aliphatic rings. The highest BCUT2D eigenvalue weighted by Crippen LogP contribution is 2.35. The molecule has 2 atom stereocenters. The third kappa shape index (κ3) is 3.91. The molecule has 1 fully saturated rings. The maximum absolute atomic E-state index is 13.2. The topological polar surface area (TPSA) is 69.0 Å². The quantitative estimate of drug-likeness (QED) is 0.707. The van der Waals surface area contributed by atoms with Crippen LogP contribution in [0.25, 0.3) is 5.69 Å². The van der Waals surface area contributed by atoms with E-state index in [1.54, 1.807) is 40.5 Å². The second-order valence-corrected chi connectivity index (χ2v) is 7.28. The minimum Gasteiger partial charge on any atom is -0.371 e. The predicted molar refractivity (Wildman–Crippen MR) is 99.1 cm³/mol. The fourth-order valence-electron chi connectivity index (χ4n) is 3.28. The third-order valence-electron chi connectivity index (χ3n) is 4.58. The molecule has 0 spiro atoms. The molecule has 8 heteroatoms. The molecule has 0 saturated carbocycles. The zero-order chi connectivity index (χ0) is 18.6. The van der Waals surface area contributed by atoms with Crippen molar-refractivity contribution in [3.05, 3.63) is 64.6 Å². The minimum atomic E-state index is -0.377. The molecule has 0 radical (unpaired) electrons. The van der Waals surface area contributed by atoms with Crippen LogP contribution in [0.5, 0.6) is 0 Å². The molecule has 2 aromatic heterocycles. The summed E-state index contributed by atoms with van der Waals surface area (Å²) < 4.78 is 20.8. The van der Waals surface area contributed by atoms with E-state index in [1.807, 2.05) is 11.4 Å². The number of carbonyl (C=O) groups is 1. The number of amides is 1. The van der Waals surface area contributed by atoms with Crippen LogP contribution in [-0.4, -0.2) is 33.8 Å². The molecule has 4 rings (SSSR count). The van der Waals surface area contributed by atoms with Crippen molar-refractivity contribution in [2.75, 3.05) is 13.2 Å². The van der Waals surface area contributed by atoms with E-state index in [0.29, 0.717) is 19.6 Å². The maximum Gasteiger partial charge on any atom is 0.226 e. The lowest BCUT2D eigenvalue weighted by Crippen LogP contribution is -2.34. The molecular formula is C19H19FN4O2S. The Labute approximate surface area is 160 Å². The molecule has 0 aliphatic carbocycles. The van der Waals surface area contributed by atoms with Gasteiger partial charge in [0, 0.05) is 37.3 Å². The number of hydrogen-bond acceptors (Lipinski definition) is 5. The summed E-state index contributed by atoms with van der Waals surface area (Å²) in [6, 6.07) is 7.93. The summed E-state index contributed by atoms with van der Waals surface area (Å²) in [5, 5.41) is 10.2. The second kappa shape index (κ2) is 7.98. The van der Waals surface area contributed by atoms with E-state index in [4.69, 9.17) is 4.74 Å². The van der Waals surface area contributed by atoms with Gasteiger partial charge in [0.15, 0.2) is 0 Å². The van der Waals surface area contributed by atoms with Gasteiger partial charge in [-0.1, -0.05) is 0 Å². The highest BCUT2D eigenvalue weighted by Gasteiger charge is 2.37. The van der Waals surface area contributed by atoms with Crippen molar-refractivity contribution in [3.63, 3.8) is 0 Å². The van der Waals surface area contributed by atoms with Crippen molar-refractivity contribution in [3.8, 4) is 5.69 Å². The van der Waals surface area contributed by atoms with E-state index in [1.165, 1.54) is 12.1 Å². The minimum absolute atomic E-state index is 0.0269. The Hall–Kier alpha value is -2.58. The van der Waals surface area contributed by atoms with E-state index in [0.717, 1.165) is 22.8 Å². The SMILES string of the molecule is O=C(NCCc1nccs1)[C@H]1CCO[C@@H]1c1ccnn1-c1ccc(F)cc1. The second-order valence-electron chi connectivity index (χ2n) is 6.30. The van der Waals surface area contributed by atoms with Gasteiger partial charge in [-0.3, -0.25) is 4.79 Å². The van der Waals surface area contributed by atoms with Gasteiger partial charge >= 0.3 is 0 Å². The molecule has 3 heterocycles. The van der Waals surface area contributed by atoms with Gasteiger partial charge in [-0.15, -0.1) is 11.3 Å². The average molecular weight is 386 g/mol. The van der Waals surface area contributed by atoms with Gasteiger partial charge in [0.05, 0.1) is 22.3 Å². The monoisotopic (exact) mass is 386 g/mol. The summed E-state index contributed by atoms with van der Waals surface area (Å²) in [4.78, 5) is 16.9.